The van der Waals surface area contributed by atoms with Crippen molar-refractivity contribution < 1.29 is 0 Å². The number of aryl methyl sites for hydroxylation is 2. The van der Waals surface area contributed by atoms with Gasteiger partial charge in [0.05, 0.1) is 5.52 Å². The summed E-state index contributed by atoms with van der Waals surface area (Å²) in [6, 6.07) is 6.76. The Morgan fingerprint density at radius 1 is 1.15 bits per heavy atom. The van der Waals surface area contributed by atoms with Crippen LogP contribution < -0.4 is 5.32 Å². The molecule has 2 heteroatoms. The molecule has 0 amide bonds. The topological polar surface area (TPSA) is 24.9 Å². The van der Waals surface area contributed by atoms with Crippen LogP contribution in [0, 0.1) is 13.8 Å². The molecule has 0 spiro atoms. The number of nitrogens with one attached hydrogen (secondary N) is 1. The van der Waals surface area contributed by atoms with E-state index in [-0.39, 0.29) is 0 Å². The van der Waals surface area contributed by atoms with Gasteiger partial charge < -0.3 is 5.32 Å². The van der Waals surface area contributed by atoms with E-state index < -0.39 is 0 Å². The first kappa shape index (κ1) is 15.0. The van der Waals surface area contributed by atoms with Crippen molar-refractivity contribution in [2.24, 2.45) is 0 Å². The summed E-state index contributed by atoms with van der Waals surface area (Å²) in [4.78, 5) is 4.88. The number of pyridine rings is 1. The maximum absolute atomic E-state index is 4.88. The first-order valence-electron chi connectivity index (χ1n) is 7.64. The van der Waals surface area contributed by atoms with Crippen LogP contribution in [0.3, 0.4) is 0 Å². The van der Waals surface area contributed by atoms with Gasteiger partial charge in [0.1, 0.15) is 0 Å². The minimum Gasteiger partial charge on any atom is -0.313 e. The Labute approximate surface area is 122 Å². The van der Waals surface area contributed by atoms with Gasteiger partial charge >= 0.3 is 0 Å². The van der Waals surface area contributed by atoms with Crippen LogP contribution in [-0.2, 0) is 6.54 Å². The molecule has 0 radical (unpaired) electrons. The van der Waals surface area contributed by atoms with Crippen molar-refractivity contribution in [1.29, 1.82) is 0 Å². The molecule has 1 aromatic heterocycles. The van der Waals surface area contributed by atoms with Crippen molar-refractivity contribution in [2.45, 2.75) is 53.5 Å². The van der Waals surface area contributed by atoms with E-state index in [1.165, 1.54) is 27.8 Å². The number of hydrogen-bond acceptors (Lipinski definition) is 2. The van der Waals surface area contributed by atoms with E-state index in [4.69, 9.17) is 4.98 Å². The predicted octanol–water partition coefficient (Wildman–Crippen LogP) is 4.47. The zero-order valence-electron chi connectivity index (χ0n) is 13.4. The normalized spacial score (nSPS) is 11.5. The first-order chi connectivity index (χ1) is 9.52. The minimum absolute atomic E-state index is 0.463. The Morgan fingerprint density at radius 2 is 1.90 bits per heavy atom. The second-order valence-electron chi connectivity index (χ2n) is 6.02. The van der Waals surface area contributed by atoms with Gasteiger partial charge in [0.25, 0.3) is 0 Å². The van der Waals surface area contributed by atoms with Gasteiger partial charge in [-0.05, 0) is 56.0 Å². The molecule has 0 saturated carbocycles. The van der Waals surface area contributed by atoms with E-state index in [1.54, 1.807) is 0 Å². The molecule has 0 atom stereocenters. The van der Waals surface area contributed by atoms with Crippen molar-refractivity contribution in [1.82, 2.24) is 10.3 Å². The lowest BCUT2D eigenvalue weighted by molar-refractivity contribution is 0.676. The van der Waals surface area contributed by atoms with Crippen LogP contribution in [0.25, 0.3) is 10.9 Å². The highest BCUT2D eigenvalue weighted by atomic mass is 14.8. The molecule has 0 aliphatic heterocycles. The lowest BCUT2D eigenvalue weighted by Crippen LogP contribution is -2.15. The molecule has 0 aliphatic carbocycles. The monoisotopic (exact) mass is 270 g/mol. The maximum atomic E-state index is 4.88. The van der Waals surface area contributed by atoms with Gasteiger partial charge in [0.15, 0.2) is 0 Å². The fraction of sp³-hybridized carbons (Fsp3) is 0.500. The molecule has 1 aromatic carbocycles. The van der Waals surface area contributed by atoms with Crippen molar-refractivity contribution in [3.05, 3.63) is 40.6 Å². The van der Waals surface area contributed by atoms with E-state index in [0.29, 0.717) is 5.92 Å². The van der Waals surface area contributed by atoms with Gasteiger partial charge in [-0.25, -0.2) is 0 Å². The third-order valence-corrected chi connectivity index (χ3v) is 3.69. The molecule has 20 heavy (non-hydrogen) atoms. The molecule has 108 valence electrons. The second-order valence-corrected chi connectivity index (χ2v) is 6.02. The van der Waals surface area contributed by atoms with Crippen LogP contribution in [0.1, 0.15) is 55.5 Å². The zero-order valence-corrected chi connectivity index (χ0v) is 13.4. The molecule has 0 fully saturated rings. The lowest BCUT2D eigenvalue weighted by atomic mass is 9.99. The number of nitrogens with zero attached hydrogens (tertiary/aromatic N) is 1. The molecule has 0 unspecified atom stereocenters. The number of aromatic nitrogens is 1. The summed E-state index contributed by atoms with van der Waals surface area (Å²) < 4.78 is 0. The summed E-state index contributed by atoms with van der Waals surface area (Å²) in [5.41, 5.74) is 6.32. The average Bonchev–Trinajstić information content (AvgIpc) is 2.39. The van der Waals surface area contributed by atoms with Gasteiger partial charge in [0.2, 0.25) is 0 Å². The van der Waals surface area contributed by atoms with E-state index in [9.17, 15) is 0 Å². The molecule has 1 N–H and O–H groups in total. The first-order valence-corrected chi connectivity index (χ1v) is 7.64. The Hall–Kier alpha value is -1.41. The van der Waals surface area contributed by atoms with E-state index in [1.807, 2.05) is 0 Å². The Bertz CT molecular complexity index is 600. The van der Waals surface area contributed by atoms with E-state index in [2.05, 4.69) is 58.1 Å². The summed E-state index contributed by atoms with van der Waals surface area (Å²) in [7, 11) is 0. The van der Waals surface area contributed by atoms with Crippen molar-refractivity contribution in [3.63, 3.8) is 0 Å². The molecule has 2 rings (SSSR count). The Morgan fingerprint density at radius 3 is 2.55 bits per heavy atom. The van der Waals surface area contributed by atoms with Gasteiger partial charge in [-0.1, -0.05) is 32.4 Å². The van der Waals surface area contributed by atoms with Gasteiger partial charge in [-0.3, -0.25) is 4.98 Å². The largest absolute Gasteiger partial charge is 0.313 e. The van der Waals surface area contributed by atoms with Gasteiger partial charge in [0, 0.05) is 17.6 Å². The van der Waals surface area contributed by atoms with Crippen LogP contribution in [0.5, 0.6) is 0 Å². The fourth-order valence-electron chi connectivity index (χ4n) is 2.61. The summed E-state index contributed by atoms with van der Waals surface area (Å²) in [6.07, 6.45) is 1.16. The number of fused-ring (bicyclic) bond motifs is 1. The average molecular weight is 270 g/mol. The Balaban J connectivity index is 2.56. The molecular weight excluding hydrogens is 244 g/mol. The fourth-order valence-corrected chi connectivity index (χ4v) is 2.61. The quantitative estimate of drug-likeness (QED) is 0.811. The molecule has 2 aromatic rings. The number of benzene rings is 1. The van der Waals surface area contributed by atoms with Crippen molar-refractivity contribution in [2.75, 3.05) is 6.54 Å². The SMILES string of the molecule is CCCNCc1cc(C(C)C)nc2c(C)cc(C)cc12. The molecule has 0 aliphatic rings. The van der Waals surface area contributed by atoms with Crippen LogP contribution in [-0.4, -0.2) is 11.5 Å². The number of rotatable bonds is 5. The summed E-state index contributed by atoms with van der Waals surface area (Å²) in [6.45, 7) is 12.9. The van der Waals surface area contributed by atoms with Gasteiger partial charge in [-0.2, -0.15) is 0 Å². The third-order valence-electron chi connectivity index (χ3n) is 3.69. The highest BCUT2D eigenvalue weighted by molar-refractivity contribution is 5.86. The molecule has 2 nitrogen and oxygen atoms in total. The zero-order chi connectivity index (χ0) is 14.7. The van der Waals surface area contributed by atoms with E-state index >= 15 is 0 Å². The van der Waals surface area contributed by atoms with Gasteiger partial charge in [-0.15, -0.1) is 0 Å². The lowest BCUT2D eigenvalue weighted by Gasteiger charge is -2.14. The van der Waals surface area contributed by atoms with Crippen LogP contribution >= 0.6 is 0 Å². The molecule has 1 heterocycles. The predicted molar refractivity (Wildman–Crippen MR) is 87.3 cm³/mol. The van der Waals surface area contributed by atoms with E-state index in [0.717, 1.165) is 25.0 Å². The van der Waals surface area contributed by atoms with Crippen LogP contribution in [0.2, 0.25) is 0 Å². The highest BCUT2D eigenvalue weighted by Crippen LogP contribution is 2.26. The summed E-state index contributed by atoms with van der Waals surface area (Å²) >= 11 is 0. The second kappa shape index (κ2) is 6.36. The smallest absolute Gasteiger partial charge is 0.0738 e. The summed E-state index contributed by atoms with van der Waals surface area (Å²) in [5.74, 6) is 0.463. The molecule has 0 bridgehead atoms. The summed E-state index contributed by atoms with van der Waals surface area (Å²) in [5, 5.41) is 4.82. The van der Waals surface area contributed by atoms with Crippen LogP contribution in [0.15, 0.2) is 18.2 Å². The Kier molecular flexibility index (Phi) is 4.77. The van der Waals surface area contributed by atoms with Crippen molar-refractivity contribution >= 4 is 10.9 Å². The molecular formula is C18H26N2. The third kappa shape index (κ3) is 3.18. The van der Waals surface area contributed by atoms with Crippen LogP contribution in [0.4, 0.5) is 0 Å². The highest BCUT2D eigenvalue weighted by Gasteiger charge is 2.10. The standard InChI is InChI=1S/C18H26N2/c1-6-7-19-11-15-10-17(12(2)3)20-18-14(5)8-13(4)9-16(15)18/h8-10,12,19H,6-7,11H2,1-5H3. The maximum Gasteiger partial charge on any atom is 0.0738 e. The van der Waals surface area contributed by atoms with Crippen molar-refractivity contribution in [3.8, 4) is 0 Å². The minimum atomic E-state index is 0.463. The molecule has 0 saturated heterocycles. The number of hydrogen-bond donors (Lipinski definition) is 1.